The Morgan fingerprint density at radius 2 is 1.77 bits per heavy atom. The lowest BCUT2D eigenvalue weighted by atomic mass is 9.95. The Balaban J connectivity index is 1.89. The molecule has 6 heteroatoms. The number of carbonyl (C=O) groups is 1. The van der Waals surface area contributed by atoms with Crippen LogP contribution in [0.1, 0.15) is 12.5 Å². The Bertz CT molecular complexity index is 721. The molecule has 0 saturated carbocycles. The first kappa shape index (κ1) is 14.5. The van der Waals surface area contributed by atoms with Gasteiger partial charge in [-0.2, -0.15) is 5.01 Å². The number of rotatable bonds is 3. The number of carbonyl (C=O) groups excluding carboxylic acids is 1. The first-order valence-corrected chi connectivity index (χ1v) is 7.07. The van der Waals surface area contributed by atoms with Crippen LogP contribution >= 0.6 is 12.2 Å². The number of thiocarbonyl (C=S) groups is 1. The van der Waals surface area contributed by atoms with Crippen LogP contribution in [0.5, 0.6) is 0 Å². The fraction of sp³-hybridized carbons (Fsp3) is 0.125. The number of nitrogens with zero attached hydrogens (tertiary/aromatic N) is 1. The summed E-state index contributed by atoms with van der Waals surface area (Å²) in [6, 6.07) is 14.8. The molecule has 1 fully saturated rings. The van der Waals surface area contributed by atoms with Gasteiger partial charge in [0.2, 0.25) is 5.60 Å². The van der Waals surface area contributed by atoms with Crippen molar-refractivity contribution in [3.05, 3.63) is 66.0 Å². The van der Waals surface area contributed by atoms with E-state index in [9.17, 15) is 9.18 Å². The summed E-state index contributed by atoms with van der Waals surface area (Å²) in [6.07, 6.45) is 0. The highest BCUT2D eigenvalue weighted by Crippen LogP contribution is 2.34. The van der Waals surface area contributed by atoms with Crippen LogP contribution in [0.4, 0.5) is 10.1 Å². The Hall–Kier alpha value is -2.47. The highest BCUT2D eigenvalue weighted by Gasteiger charge is 2.50. The predicted octanol–water partition coefficient (Wildman–Crippen LogP) is 3.21. The number of ether oxygens (including phenoxy) is 1. The molecule has 1 aliphatic rings. The van der Waals surface area contributed by atoms with Crippen molar-refractivity contribution >= 4 is 29.0 Å². The smallest absolute Gasteiger partial charge is 0.297 e. The van der Waals surface area contributed by atoms with E-state index in [-0.39, 0.29) is 16.9 Å². The molecule has 1 heterocycles. The van der Waals surface area contributed by atoms with Crippen LogP contribution < -0.4 is 5.43 Å². The molecule has 3 rings (SSSR count). The number of nitrogens with one attached hydrogen (secondary N) is 1. The minimum Gasteiger partial charge on any atom is -0.448 e. The van der Waals surface area contributed by atoms with Crippen LogP contribution in [-0.4, -0.2) is 16.1 Å². The Labute approximate surface area is 132 Å². The molecule has 4 nitrogen and oxygen atoms in total. The maximum absolute atomic E-state index is 13.1. The van der Waals surface area contributed by atoms with E-state index in [0.29, 0.717) is 11.3 Å². The van der Waals surface area contributed by atoms with E-state index in [1.54, 1.807) is 6.92 Å². The molecule has 2 aromatic carbocycles. The van der Waals surface area contributed by atoms with Crippen molar-refractivity contribution in [2.24, 2.45) is 0 Å². The van der Waals surface area contributed by atoms with Crippen molar-refractivity contribution < 1.29 is 13.9 Å². The lowest BCUT2D eigenvalue weighted by Crippen LogP contribution is -2.39. The highest BCUT2D eigenvalue weighted by atomic mass is 32.1. The number of amides is 1. The summed E-state index contributed by atoms with van der Waals surface area (Å²) in [7, 11) is 0. The molecule has 0 radical (unpaired) electrons. The van der Waals surface area contributed by atoms with Gasteiger partial charge in [0, 0.05) is 5.56 Å². The third-order valence-corrected chi connectivity index (χ3v) is 3.76. The second-order valence-corrected chi connectivity index (χ2v) is 5.38. The van der Waals surface area contributed by atoms with E-state index in [4.69, 9.17) is 17.0 Å². The largest absolute Gasteiger partial charge is 0.448 e. The van der Waals surface area contributed by atoms with Gasteiger partial charge < -0.3 is 4.74 Å². The van der Waals surface area contributed by atoms with Gasteiger partial charge in [0.1, 0.15) is 5.82 Å². The van der Waals surface area contributed by atoms with Gasteiger partial charge in [-0.25, -0.2) is 4.39 Å². The van der Waals surface area contributed by atoms with Crippen LogP contribution in [-0.2, 0) is 15.1 Å². The van der Waals surface area contributed by atoms with E-state index >= 15 is 0 Å². The number of hydrogen-bond donors (Lipinski definition) is 1. The Morgan fingerprint density at radius 3 is 2.41 bits per heavy atom. The molecule has 1 amide bonds. The maximum Gasteiger partial charge on any atom is 0.297 e. The molecule has 1 aliphatic heterocycles. The predicted molar refractivity (Wildman–Crippen MR) is 84.3 cm³/mol. The van der Waals surface area contributed by atoms with Crippen molar-refractivity contribution in [2.75, 3.05) is 5.43 Å². The van der Waals surface area contributed by atoms with Gasteiger partial charge in [-0.15, -0.1) is 0 Å². The molecule has 1 saturated heterocycles. The Morgan fingerprint density at radius 1 is 1.14 bits per heavy atom. The number of hydrogen-bond acceptors (Lipinski definition) is 4. The number of benzene rings is 2. The van der Waals surface area contributed by atoms with Gasteiger partial charge in [0.25, 0.3) is 11.1 Å². The van der Waals surface area contributed by atoms with Crippen LogP contribution in [0.2, 0.25) is 0 Å². The molecule has 0 aliphatic carbocycles. The molecule has 2 aromatic rings. The average Bonchev–Trinajstić information content (AvgIpc) is 2.73. The molecule has 1 unspecified atom stereocenters. The van der Waals surface area contributed by atoms with E-state index in [0.717, 1.165) is 0 Å². The third-order valence-electron chi connectivity index (χ3n) is 3.49. The highest BCUT2D eigenvalue weighted by molar-refractivity contribution is 7.80. The summed E-state index contributed by atoms with van der Waals surface area (Å²) in [4.78, 5) is 12.7. The summed E-state index contributed by atoms with van der Waals surface area (Å²) in [5.74, 6) is -0.729. The monoisotopic (exact) mass is 316 g/mol. The zero-order valence-electron chi connectivity index (χ0n) is 11.7. The van der Waals surface area contributed by atoms with Crippen LogP contribution in [0, 0.1) is 5.82 Å². The molecule has 1 N–H and O–H groups in total. The van der Waals surface area contributed by atoms with Crippen molar-refractivity contribution in [1.29, 1.82) is 0 Å². The summed E-state index contributed by atoms with van der Waals surface area (Å²) in [6.45, 7) is 1.61. The van der Waals surface area contributed by atoms with Crippen molar-refractivity contribution in [3.63, 3.8) is 0 Å². The number of para-hydroxylation sites is 1. The zero-order valence-corrected chi connectivity index (χ0v) is 12.6. The molecule has 0 aromatic heterocycles. The molecular weight excluding hydrogens is 303 g/mol. The number of hydrazine groups is 1. The summed E-state index contributed by atoms with van der Waals surface area (Å²) >= 11 is 5.14. The van der Waals surface area contributed by atoms with Gasteiger partial charge in [0.05, 0.1) is 5.69 Å². The minimum atomic E-state index is -1.27. The minimum absolute atomic E-state index is 0.0284. The molecular formula is C16H13FN2O2S. The SMILES string of the molecule is CC1(c2ccc(F)cc2)OC(=S)N(Nc2ccccc2)C1=O. The normalized spacial score (nSPS) is 20.9. The van der Waals surface area contributed by atoms with Gasteiger partial charge in [-0.1, -0.05) is 30.3 Å². The van der Waals surface area contributed by atoms with E-state index in [1.807, 2.05) is 30.3 Å². The van der Waals surface area contributed by atoms with E-state index in [2.05, 4.69) is 5.43 Å². The molecule has 0 spiro atoms. The molecule has 22 heavy (non-hydrogen) atoms. The zero-order chi connectivity index (χ0) is 15.7. The van der Waals surface area contributed by atoms with Crippen LogP contribution in [0.3, 0.4) is 0 Å². The first-order chi connectivity index (χ1) is 10.5. The fourth-order valence-electron chi connectivity index (χ4n) is 2.25. The standard InChI is InChI=1S/C16H13FN2O2S/c1-16(11-7-9-12(17)10-8-11)14(20)19(15(22)21-16)18-13-5-3-2-4-6-13/h2-10,18H,1H3. The van der Waals surface area contributed by atoms with Crippen molar-refractivity contribution in [2.45, 2.75) is 12.5 Å². The maximum atomic E-state index is 13.1. The molecule has 0 bridgehead atoms. The summed E-state index contributed by atoms with van der Waals surface area (Å²) in [5, 5.41) is 1.22. The topological polar surface area (TPSA) is 41.6 Å². The molecule has 112 valence electrons. The van der Waals surface area contributed by atoms with Gasteiger partial charge in [-0.3, -0.25) is 10.2 Å². The lowest BCUT2D eigenvalue weighted by Gasteiger charge is -2.21. The van der Waals surface area contributed by atoms with Gasteiger partial charge in [-0.05, 0) is 43.4 Å². The van der Waals surface area contributed by atoms with Gasteiger partial charge >= 0.3 is 0 Å². The fourth-order valence-corrected chi connectivity index (χ4v) is 2.54. The van der Waals surface area contributed by atoms with E-state index in [1.165, 1.54) is 29.3 Å². The number of anilines is 1. The average molecular weight is 316 g/mol. The van der Waals surface area contributed by atoms with Crippen molar-refractivity contribution in [1.82, 2.24) is 5.01 Å². The summed E-state index contributed by atoms with van der Waals surface area (Å²) < 4.78 is 18.7. The Kier molecular flexibility index (Phi) is 3.54. The van der Waals surface area contributed by atoms with Gasteiger partial charge in [0.15, 0.2) is 0 Å². The van der Waals surface area contributed by atoms with Crippen molar-refractivity contribution in [3.8, 4) is 0 Å². The quantitative estimate of drug-likeness (QED) is 0.883. The second-order valence-electron chi connectivity index (χ2n) is 5.03. The second kappa shape index (κ2) is 5.38. The molecule has 1 atom stereocenters. The number of halogens is 1. The lowest BCUT2D eigenvalue weighted by molar-refractivity contribution is -0.135. The first-order valence-electron chi connectivity index (χ1n) is 6.66. The van der Waals surface area contributed by atoms with Crippen LogP contribution in [0.15, 0.2) is 54.6 Å². The summed E-state index contributed by atoms with van der Waals surface area (Å²) in [5.41, 5.74) is 2.90. The van der Waals surface area contributed by atoms with Crippen LogP contribution in [0.25, 0.3) is 0 Å². The third kappa shape index (κ3) is 2.42. The van der Waals surface area contributed by atoms with E-state index < -0.39 is 5.60 Å².